The zero-order valence-corrected chi connectivity index (χ0v) is 11.6. The lowest BCUT2D eigenvalue weighted by Crippen LogP contribution is -2.34. The maximum Gasteiger partial charge on any atom is 0.323 e. The first kappa shape index (κ1) is 13.8. The summed E-state index contributed by atoms with van der Waals surface area (Å²) >= 11 is 0. The van der Waals surface area contributed by atoms with E-state index in [0.717, 1.165) is 19.4 Å². The van der Waals surface area contributed by atoms with Crippen LogP contribution in [0.3, 0.4) is 0 Å². The largest absolute Gasteiger partial charge is 0.464 e. The van der Waals surface area contributed by atoms with Crippen LogP contribution in [0.2, 0.25) is 0 Å². The van der Waals surface area contributed by atoms with E-state index in [-0.39, 0.29) is 0 Å². The summed E-state index contributed by atoms with van der Waals surface area (Å²) in [4.78, 5) is 15.0. The molecule has 1 saturated heterocycles. The average Bonchev–Trinajstić information content (AvgIpc) is 2.63. The fraction of sp³-hybridized carbons (Fsp3) is 0.750. The number of hydrogen-bond acceptors (Lipinski definition) is 7. The average molecular weight is 266 g/mol. The molecule has 1 aromatic rings. The summed E-state index contributed by atoms with van der Waals surface area (Å²) in [7, 11) is 0. The Morgan fingerprint density at radius 1 is 1.32 bits per heavy atom. The van der Waals surface area contributed by atoms with Gasteiger partial charge in [-0.1, -0.05) is 12.8 Å². The third-order valence-corrected chi connectivity index (χ3v) is 3.32. The van der Waals surface area contributed by atoms with Crippen molar-refractivity contribution in [3.63, 3.8) is 0 Å². The van der Waals surface area contributed by atoms with Crippen molar-refractivity contribution < 1.29 is 4.74 Å². The Kier molecular flexibility index (Phi) is 4.73. The Bertz CT molecular complexity index is 413. The molecule has 1 aliphatic heterocycles. The van der Waals surface area contributed by atoms with E-state index in [9.17, 15) is 0 Å². The molecule has 7 nitrogen and oxygen atoms in total. The van der Waals surface area contributed by atoms with Crippen LogP contribution in [0.4, 0.5) is 11.9 Å². The van der Waals surface area contributed by atoms with Gasteiger partial charge in [0.05, 0.1) is 6.61 Å². The number of anilines is 2. The van der Waals surface area contributed by atoms with Gasteiger partial charge in [0, 0.05) is 12.6 Å². The van der Waals surface area contributed by atoms with Gasteiger partial charge in [-0.25, -0.2) is 5.84 Å². The third-order valence-electron chi connectivity index (χ3n) is 3.32. The van der Waals surface area contributed by atoms with E-state index < -0.39 is 0 Å². The van der Waals surface area contributed by atoms with Crippen molar-refractivity contribution in [1.29, 1.82) is 0 Å². The number of nitrogens with one attached hydrogen (secondary N) is 1. The number of nitrogens with zero attached hydrogens (tertiary/aromatic N) is 4. The highest BCUT2D eigenvalue weighted by Crippen LogP contribution is 2.23. The zero-order valence-electron chi connectivity index (χ0n) is 11.6. The van der Waals surface area contributed by atoms with Gasteiger partial charge in [0.25, 0.3) is 0 Å². The number of aromatic nitrogens is 3. The number of ether oxygens (including phenoxy) is 1. The molecule has 2 rings (SSSR count). The summed E-state index contributed by atoms with van der Waals surface area (Å²) in [5, 5.41) is 0. The third kappa shape index (κ3) is 3.44. The molecule has 3 N–H and O–H groups in total. The highest BCUT2D eigenvalue weighted by atomic mass is 16.5. The quantitative estimate of drug-likeness (QED) is 0.627. The van der Waals surface area contributed by atoms with Gasteiger partial charge in [-0.05, 0) is 26.7 Å². The normalized spacial score (nSPS) is 19.9. The van der Waals surface area contributed by atoms with Gasteiger partial charge in [-0.15, -0.1) is 0 Å². The maximum atomic E-state index is 5.40. The van der Waals surface area contributed by atoms with Gasteiger partial charge in [0.15, 0.2) is 0 Å². The van der Waals surface area contributed by atoms with Crippen LogP contribution in [0.15, 0.2) is 0 Å². The molecule has 0 spiro atoms. The fourth-order valence-electron chi connectivity index (χ4n) is 2.30. The predicted octanol–water partition coefficient (Wildman–Crippen LogP) is 1.32. The minimum atomic E-state index is 0.317. The second kappa shape index (κ2) is 6.51. The first-order valence-electron chi connectivity index (χ1n) is 6.86. The molecule has 0 amide bonds. The molecule has 7 heteroatoms. The van der Waals surface area contributed by atoms with Gasteiger partial charge in [0.2, 0.25) is 11.9 Å². The Morgan fingerprint density at radius 2 is 2.16 bits per heavy atom. The second-order valence-electron chi connectivity index (χ2n) is 4.71. The van der Waals surface area contributed by atoms with Crippen molar-refractivity contribution in [1.82, 2.24) is 15.0 Å². The van der Waals surface area contributed by atoms with E-state index >= 15 is 0 Å². The summed E-state index contributed by atoms with van der Waals surface area (Å²) in [6, 6.07) is 0.738. The monoisotopic (exact) mass is 266 g/mol. The summed E-state index contributed by atoms with van der Waals surface area (Å²) in [6.45, 7) is 5.57. The Hall–Kier alpha value is -1.63. The van der Waals surface area contributed by atoms with Gasteiger partial charge < -0.3 is 9.64 Å². The van der Waals surface area contributed by atoms with Gasteiger partial charge in [0.1, 0.15) is 0 Å². The number of hydrogen-bond donors (Lipinski definition) is 2. The summed E-state index contributed by atoms with van der Waals surface area (Å²) in [5.41, 5.74) is 2.47. The molecule has 0 radical (unpaired) electrons. The predicted molar refractivity (Wildman–Crippen MR) is 74.1 cm³/mol. The number of hydrazine groups is 1. The first-order chi connectivity index (χ1) is 9.24. The zero-order chi connectivity index (χ0) is 13.7. The molecule has 1 aromatic heterocycles. The van der Waals surface area contributed by atoms with Crippen LogP contribution in [0.1, 0.15) is 39.5 Å². The molecule has 0 aromatic carbocycles. The number of nitrogen functional groups attached to an aromatic ring is 1. The van der Waals surface area contributed by atoms with Crippen LogP contribution in [0.5, 0.6) is 6.01 Å². The fourth-order valence-corrected chi connectivity index (χ4v) is 2.30. The van der Waals surface area contributed by atoms with Gasteiger partial charge in [-0.2, -0.15) is 15.0 Å². The van der Waals surface area contributed by atoms with Crippen LogP contribution in [-0.2, 0) is 0 Å². The smallest absolute Gasteiger partial charge is 0.323 e. The molecular weight excluding hydrogens is 244 g/mol. The maximum absolute atomic E-state index is 5.40. The molecule has 19 heavy (non-hydrogen) atoms. The molecule has 1 fully saturated rings. The van der Waals surface area contributed by atoms with E-state index in [1.165, 1.54) is 12.8 Å². The molecule has 0 aliphatic carbocycles. The minimum Gasteiger partial charge on any atom is -0.464 e. The van der Waals surface area contributed by atoms with Crippen LogP contribution in [-0.4, -0.2) is 34.1 Å². The first-order valence-corrected chi connectivity index (χ1v) is 6.86. The highest BCUT2D eigenvalue weighted by molar-refractivity contribution is 5.38. The molecule has 1 atom stereocenters. The molecule has 0 bridgehead atoms. The minimum absolute atomic E-state index is 0.317. The van der Waals surface area contributed by atoms with Crippen molar-refractivity contribution in [3.05, 3.63) is 0 Å². The van der Waals surface area contributed by atoms with E-state index in [0.29, 0.717) is 30.6 Å². The van der Waals surface area contributed by atoms with Crippen molar-refractivity contribution in [2.45, 2.75) is 45.6 Å². The Labute approximate surface area is 113 Å². The topological polar surface area (TPSA) is 89.2 Å². The molecule has 2 heterocycles. The second-order valence-corrected chi connectivity index (χ2v) is 4.71. The lowest BCUT2D eigenvalue weighted by molar-refractivity contribution is 0.311. The van der Waals surface area contributed by atoms with Gasteiger partial charge >= 0.3 is 6.01 Å². The lowest BCUT2D eigenvalue weighted by Gasteiger charge is -2.27. The van der Waals surface area contributed by atoms with E-state index in [2.05, 4.69) is 32.2 Å². The molecule has 106 valence electrons. The van der Waals surface area contributed by atoms with Crippen LogP contribution >= 0.6 is 0 Å². The molecule has 0 saturated carbocycles. The van der Waals surface area contributed by atoms with E-state index in [1.807, 2.05) is 6.92 Å². The number of nitrogens with two attached hydrogens (primary N) is 1. The Morgan fingerprint density at radius 3 is 2.89 bits per heavy atom. The summed E-state index contributed by atoms with van der Waals surface area (Å²) in [5.74, 6) is 6.38. The summed E-state index contributed by atoms with van der Waals surface area (Å²) in [6.07, 6.45) is 4.82. The van der Waals surface area contributed by atoms with Gasteiger partial charge in [-0.3, -0.25) is 5.43 Å². The lowest BCUT2D eigenvalue weighted by atomic mass is 10.1. The van der Waals surface area contributed by atoms with E-state index in [1.54, 1.807) is 0 Å². The SMILES string of the molecule is CCOc1nc(NN)nc(N2CCCCCC2C)n1. The molecule has 1 unspecified atom stereocenters. The molecular formula is C12H22N6O. The number of rotatable bonds is 4. The van der Waals surface area contributed by atoms with Crippen molar-refractivity contribution in [2.24, 2.45) is 5.84 Å². The van der Waals surface area contributed by atoms with Crippen LogP contribution < -0.4 is 20.9 Å². The van der Waals surface area contributed by atoms with Crippen molar-refractivity contribution >= 4 is 11.9 Å². The van der Waals surface area contributed by atoms with Crippen LogP contribution in [0, 0.1) is 0 Å². The summed E-state index contributed by atoms with van der Waals surface area (Å²) < 4.78 is 5.36. The van der Waals surface area contributed by atoms with E-state index in [4.69, 9.17) is 10.6 Å². The Balaban J connectivity index is 2.27. The van der Waals surface area contributed by atoms with Crippen molar-refractivity contribution in [3.8, 4) is 6.01 Å². The molecule has 1 aliphatic rings. The van der Waals surface area contributed by atoms with Crippen LogP contribution in [0.25, 0.3) is 0 Å². The standard InChI is InChI=1S/C12H22N6O/c1-3-19-12-15-10(17-13)14-11(16-12)18-8-6-4-5-7-9(18)2/h9H,3-8,13H2,1-2H3,(H,14,15,16,17). The van der Waals surface area contributed by atoms with Crippen molar-refractivity contribution in [2.75, 3.05) is 23.5 Å². The highest BCUT2D eigenvalue weighted by Gasteiger charge is 2.21.